The molecule has 0 aromatic heterocycles. The zero-order valence-corrected chi connectivity index (χ0v) is 18.2. The van der Waals surface area contributed by atoms with Crippen molar-refractivity contribution in [2.75, 3.05) is 38.3 Å². The number of alkyl halides is 3. The topological polar surface area (TPSA) is 73.6 Å². The molecule has 0 aliphatic carbocycles. The molecule has 3 rings (SSSR count). The van der Waals surface area contributed by atoms with Crippen molar-refractivity contribution in [2.24, 2.45) is 0 Å². The monoisotopic (exact) mass is 471 g/mol. The molecule has 0 N–H and O–H groups in total. The van der Waals surface area contributed by atoms with Gasteiger partial charge in [-0.25, -0.2) is 12.8 Å². The van der Waals surface area contributed by atoms with Gasteiger partial charge in [-0.2, -0.15) is 22.7 Å². The Morgan fingerprint density at radius 1 is 1.19 bits per heavy atom. The van der Waals surface area contributed by atoms with Gasteiger partial charge in [0.25, 0.3) is 0 Å². The van der Waals surface area contributed by atoms with Gasteiger partial charge in [0.05, 0.1) is 34.7 Å². The fraction of sp³-hybridized carbons (Fsp3) is 0.381. The number of benzene rings is 2. The van der Waals surface area contributed by atoms with E-state index < -0.39 is 39.2 Å². The highest BCUT2D eigenvalue weighted by Gasteiger charge is 2.38. The molecule has 172 valence electrons. The molecule has 32 heavy (non-hydrogen) atoms. The van der Waals surface area contributed by atoms with Crippen LogP contribution in [0.3, 0.4) is 0 Å². The highest BCUT2D eigenvalue weighted by Crippen LogP contribution is 2.35. The van der Waals surface area contributed by atoms with Gasteiger partial charge in [0.1, 0.15) is 5.82 Å². The second-order valence-corrected chi connectivity index (χ2v) is 9.28. The van der Waals surface area contributed by atoms with E-state index in [1.54, 1.807) is 11.8 Å². The quantitative estimate of drug-likeness (QED) is 0.624. The van der Waals surface area contributed by atoms with E-state index in [0.29, 0.717) is 5.56 Å². The largest absolute Gasteiger partial charge is 0.417 e. The predicted molar refractivity (Wildman–Crippen MR) is 109 cm³/mol. The van der Waals surface area contributed by atoms with E-state index in [1.807, 2.05) is 0 Å². The Kier molecular flexibility index (Phi) is 6.78. The van der Waals surface area contributed by atoms with Gasteiger partial charge in [0, 0.05) is 32.4 Å². The molecule has 11 heteroatoms. The van der Waals surface area contributed by atoms with Crippen molar-refractivity contribution in [1.29, 1.82) is 5.26 Å². The zero-order chi connectivity index (χ0) is 23.7. The summed E-state index contributed by atoms with van der Waals surface area (Å²) in [6.07, 6.45) is -4.70. The van der Waals surface area contributed by atoms with Crippen LogP contribution in [0.15, 0.2) is 41.3 Å². The van der Waals surface area contributed by atoms with Crippen molar-refractivity contribution < 1.29 is 30.7 Å². The maximum atomic E-state index is 13.7. The molecule has 1 heterocycles. The van der Waals surface area contributed by atoms with Crippen LogP contribution in [0.1, 0.15) is 16.7 Å². The molecular weight excluding hydrogens is 450 g/mol. The van der Waals surface area contributed by atoms with E-state index in [0.717, 1.165) is 18.2 Å². The summed E-state index contributed by atoms with van der Waals surface area (Å²) in [4.78, 5) is 1.45. The summed E-state index contributed by atoms with van der Waals surface area (Å²) in [6, 6.07) is 7.72. The minimum Gasteiger partial charge on any atom is -0.383 e. The first kappa shape index (κ1) is 24.0. The van der Waals surface area contributed by atoms with Gasteiger partial charge in [-0.15, -0.1) is 0 Å². The standard InChI is InChI=1S/C21H21F4N3O3S/c1-14-3-5-16(22)9-20(14)32(29,30)28-8-7-27(12-18(28)13-31-2)17-6-4-15(11-26)19(10-17)21(23,24)25/h3-6,9-10,18H,7-8,12-13H2,1-2H3. The summed E-state index contributed by atoms with van der Waals surface area (Å²) >= 11 is 0. The Balaban J connectivity index is 1.94. The van der Waals surface area contributed by atoms with Gasteiger partial charge in [-0.05, 0) is 42.8 Å². The van der Waals surface area contributed by atoms with Crippen LogP contribution in [0.25, 0.3) is 0 Å². The van der Waals surface area contributed by atoms with Crippen LogP contribution in [0.5, 0.6) is 0 Å². The number of hydrogen-bond donors (Lipinski definition) is 0. The first-order chi connectivity index (χ1) is 15.0. The summed E-state index contributed by atoms with van der Waals surface area (Å²) in [6.45, 7) is 1.69. The van der Waals surface area contributed by atoms with Gasteiger partial charge in [-0.1, -0.05) is 6.07 Å². The molecule has 1 aliphatic heterocycles. The molecule has 2 aromatic carbocycles. The van der Waals surface area contributed by atoms with Crippen molar-refractivity contribution in [2.45, 2.75) is 24.0 Å². The van der Waals surface area contributed by atoms with E-state index in [4.69, 9.17) is 10.00 Å². The third kappa shape index (κ3) is 4.72. The number of nitriles is 1. The summed E-state index contributed by atoms with van der Waals surface area (Å²) in [5.74, 6) is -0.687. The summed E-state index contributed by atoms with van der Waals surface area (Å²) in [7, 11) is -2.68. The number of ether oxygens (including phenoxy) is 1. The maximum absolute atomic E-state index is 13.7. The lowest BCUT2D eigenvalue weighted by atomic mass is 10.1. The molecule has 1 aliphatic rings. The maximum Gasteiger partial charge on any atom is 0.417 e. The average Bonchev–Trinajstić information content (AvgIpc) is 2.74. The molecule has 1 atom stereocenters. The molecule has 0 spiro atoms. The van der Waals surface area contributed by atoms with E-state index in [2.05, 4.69) is 0 Å². The molecule has 0 saturated carbocycles. The van der Waals surface area contributed by atoms with Crippen LogP contribution in [0.4, 0.5) is 23.2 Å². The Morgan fingerprint density at radius 3 is 2.53 bits per heavy atom. The third-order valence-electron chi connectivity index (χ3n) is 5.32. The van der Waals surface area contributed by atoms with Crippen molar-refractivity contribution in [3.8, 4) is 6.07 Å². The SMILES string of the molecule is COCC1CN(c2ccc(C#N)c(C(F)(F)F)c2)CCN1S(=O)(=O)c1cc(F)ccc1C. The number of anilines is 1. The van der Waals surface area contributed by atoms with Gasteiger partial charge in [0.2, 0.25) is 10.0 Å². The molecule has 6 nitrogen and oxygen atoms in total. The fourth-order valence-corrected chi connectivity index (χ4v) is 5.59. The molecule has 0 radical (unpaired) electrons. The summed E-state index contributed by atoms with van der Waals surface area (Å²) in [5.41, 5.74) is -0.938. The zero-order valence-electron chi connectivity index (χ0n) is 17.4. The molecule has 0 bridgehead atoms. The first-order valence-electron chi connectivity index (χ1n) is 9.62. The average molecular weight is 471 g/mol. The molecule has 1 saturated heterocycles. The highest BCUT2D eigenvalue weighted by atomic mass is 32.2. The van der Waals surface area contributed by atoms with Crippen LogP contribution < -0.4 is 4.90 Å². The van der Waals surface area contributed by atoms with Crippen LogP contribution in [-0.4, -0.2) is 52.1 Å². The summed E-state index contributed by atoms with van der Waals surface area (Å²) < 4.78 is 86.7. The second kappa shape index (κ2) is 9.05. The van der Waals surface area contributed by atoms with Gasteiger partial charge >= 0.3 is 6.18 Å². The fourth-order valence-electron chi connectivity index (χ4n) is 3.76. The lowest BCUT2D eigenvalue weighted by Crippen LogP contribution is -2.57. The van der Waals surface area contributed by atoms with E-state index >= 15 is 0 Å². The van der Waals surface area contributed by atoms with Crippen LogP contribution in [0, 0.1) is 24.1 Å². The number of sulfonamides is 1. The van der Waals surface area contributed by atoms with Crippen molar-refractivity contribution in [3.63, 3.8) is 0 Å². The van der Waals surface area contributed by atoms with Crippen molar-refractivity contribution in [1.82, 2.24) is 4.31 Å². The highest BCUT2D eigenvalue weighted by molar-refractivity contribution is 7.89. The van der Waals surface area contributed by atoms with Crippen LogP contribution in [-0.2, 0) is 20.9 Å². The smallest absolute Gasteiger partial charge is 0.383 e. The first-order valence-corrected chi connectivity index (χ1v) is 11.1. The normalized spacial score (nSPS) is 17.9. The Morgan fingerprint density at radius 2 is 1.91 bits per heavy atom. The Bertz CT molecular complexity index is 1150. The van der Waals surface area contributed by atoms with Crippen molar-refractivity contribution >= 4 is 15.7 Å². The number of piperazine rings is 1. The Hall–Kier alpha value is -2.68. The van der Waals surface area contributed by atoms with Gasteiger partial charge in [0.15, 0.2) is 0 Å². The van der Waals surface area contributed by atoms with E-state index in [9.17, 15) is 26.0 Å². The minimum atomic E-state index is -4.70. The van der Waals surface area contributed by atoms with Crippen LogP contribution in [0.2, 0.25) is 0 Å². The number of aryl methyl sites for hydroxylation is 1. The number of rotatable bonds is 5. The van der Waals surface area contributed by atoms with E-state index in [-0.39, 0.29) is 36.8 Å². The second-order valence-electron chi connectivity index (χ2n) is 7.42. The molecular formula is C21H21F4N3O3S. The lowest BCUT2D eigenvalue weighted by molar-refractivity contribution is -0.137. The lowest BCUT2D eigenvalue weighted by Gasteiger charge is -2.41. The molecule has 0 amide bonds. The number of nitrogens with zero attached hydrogens (tertiary/aromatic N) is 3. The Labute approximate surface area is 183 Å². The number of halogens is 4. The predicted octanol–water partition coefficient (Wildman–Crippen LogP) is 3.55. The molecule has 2 aromatic rings. The van der Waals surface area contributed by atoms with Crippen LogP contribution >= 0.6 is 0 Å². The number of hydrogen-bond acceptors (Lipinski definition) is 5. The minimum absolute atomic E-state index is 0.00744. The van der Waals surface area contributed by atoms with E-state index in [1.165, 1.54) is 35.7 Å². The molecule has 1 fully saturated rings. The molecule has 1 unspecified atom stereocenters. The van der Waals surface area contributed by atoms with Crippen molar-refractivity contribution in [3.05, 3.63) is 58.9 Å². The third-order valence-corrected chi connectivity index (χ3v) is 7.41. The summed E-state index contributed by atoms with van der Waals surface area (Å²) in [5, 5.41) is 8.99. The number of methoxy groups -OCH3 is 1. The van der Waals surface area contributed by atoms with Gasteiger partial charge < -0.3 is 9.64 Å². The van der Waals surface area contributed by atoms with Gasteiger partial charge in [-0.3, -0.25) is 0 Å².